The van der Waals surface area contributed by atoms with E-state index in [2.05, 4.69) is 22.4 Å². The summed E-state index contributed by atoms with van der Waals surface area (Å²) in [4.78, 5) is 16.5. The summed E-state index contributed by atoms with van der Waals surface area (Å²) in [6.45, 7) is 5.47. The lowest BCUT2D eigenvalue weighted by Gasteiger charge is -2.09. The third-order valence-electron chi connectivity index (χ3n) is 3.00. The van der Waals surface area contributed by atoms with Crippen molar-refractivity contribution in [2.75, 3.05) is 5.32 Å². The highest BCUT2D eigenvalue weighted by Gasteiger charge is 2.22. The fourth-order valence-corrected chi connectivity index (χ4v) is 3.78. The van der Waals surface area contributed by atoms with Gasteiger partial charge >= 0.3 is 0 Å². The summed E-state index contributed by atoms with van der Waals surface area (Å²) in [6, 6.07) is 1.62. The first kappa shape index (κ1) is 16.8. The molecule has 0 saturated carbocycles. The van der Waals surface area contributed by atoms with E-state index in [1.807, 2.05) is 5.38 Å². The van der Waals surface area contributed by atoms with E-state index >= 15 is 0 Å². The number of nitrogens with zero attached hydrogens (tertiary/aromatic N) is 2. The van der Waals surface area contributed by atoms with Gasteiger partial charge in [-0.1, -0.05) is 12.1 Å². The van der Waals surface area contributed by atoms with Gasteiger partial charge in [0.05, 0.1) is 16.5 Å². The molecule has 0 saturated heterocycles. The van der Waals surface area contributed by atoms with E-state index in [9.17, 15) is 9.00 Å². The number of carbonyl (C=O) groups is 1. The van der Waals surface area contributed by atoms with E-state index in [4.69, 9.17) is 4.52 Å². The van der Waals surface area contributed by atoms with E-state index in [0.717, 1.165) is 23.5 Å². The standard InChI is InChI=1S/C14H19N3O3S2/c1-4-5-13-15-11(7-21-13)8-22(19)10(3)14(18)16-12-6-9(2)20-17-12/h6-7,10H,4-5,8H2,1-3H3,(H,16,17,18)/t10-,22-/m1/s1. The Bertz CT molecular complexity index is 666. The number of aromatic nitrogens is 2. The van der Waals surface area contributed by atoms with Gasteiger partial charge in [-0.15, -0.1) is 11.3 Å². The van der Waals surface area contributed by atoms with Crippen molar-refractivity contribution in [2.45, 2.75) is 44.6 Å². The lowest BCUT2D eigenvalue weighted by Crippen LogP contribution is -2.29. The summed E-state index contributed by atoms with van der Waals surface area (Å²) >= 11 is 1.57. The maximum Gasteiger partial charge on any atom is 0.241 e. The van der Waals surface area contributed by atoms with Gasteiger partial charge in [-0.2, -0.15) is 0 Å². The van der Waals surface area contributed by atoms with Crippen LogP contribution in [0.15, 0.2) is 16.0 Å². The quantitative estimate of drug-likeness (QED) is 0.837. The van der Waals surface area contributed by atoms with Crippen LogP contribution in [0.3, 0.4) is 0 Å². The second-order valence-electron chi connectivity index (χ2n) is 4.96. The predicted molar refractivity (Wildman–Crippen MR) is 87.3 cm³/mol. The van der Waals surface area contributed by atoms with Crippen molar-refractivity contribution in [1.29, 1.82) is 0 Å². The van der Waals surface area contributed by atoms with E-state index < -0.39 is 16.0 Å². The second-order valence-corrected chi connectivity index (χ2v) is 7.66. The van der Waals surface area contributed by atoms with Gasteiger partial charge in [-0.25, -0.2) is 4.98 Å². The summed E-state index contributed by atoms with van der Waals surface area (Å²) in [5.41, 5.74) is 0.781. The minimum atomic E-state index is -1.33. The van der Waals surface area contributed by atoms with E-state index in [-0.39, 0.29) is 11.7 Å². The molecule has 8 heteroatoms. The number of hydrogen-bond donors (Lipinski definition) is 1. The largest absolute Gasteiger partial charge is 0.360 e. The third kappa shape index (κ3) is 4.48. The predicted octanol–water partition coefficient (Wildman–Crippen LogP) is 2.67. The van der Waals surface area contributed by atoms with Crippen LogP contribution in [0.2, 0.25) is 0 Å². The molecule has 0 fully saturated rings. The summed E-state index contributed by atoms with van der Waals surface area (Å²) < 4.78 is 17.2. The molecule has 0 spiro atoms. The normalized spacial score (nSPS) is 13.8. The first-order valence-electron chi connectivity index (χ1n) is 7.04. The molecule has 2 atom stereocenters. The van der Waals surface area contributed by atoms with Crippen LogP contribution in [-0.4, -0.2) is 25.5 Å². The van der Waals surface area contributed by atoms with Crippen molar-refractivity contribution in [3.05, 3.63) is 27.9 Å². The highest BCUT2D eigenvalue weighted by molar-refractivity contribution is 7.85. The van der Waals surface area contributed by atoms with Crippen LogP contribution in [0.4, 0.5) is 5.82 Å². The van der Waals surface area contributed by atoms with Gasteiger partial charge in [0.25, 0.3) is 0 Å². The lowest BCUT2D eigenvalue weighted by atomic mass is 10.3. The number of hydrogen-bond acceptors (Lipinski definition) is 6. The van der Waals surface area contributed by atoms with Crippen LogP contribution >= 0.6 is 11.3 Å². The molecule has 1 amide bonds. The van der Waals surface area contributed by atoms with Crippen LogP contribution in [-0.2, 0) is 27.8 Å². The number of rotatable bonds is 7. The molecule has 0 bridgehead atoms. The number of nitrogens with one attached hydrogen (secondary N) is 1. The molecule has 2 aromatic heterocycles. The van der Waals surface area contributed by atoms with Crippen molar-refractivity contribution in [2.24, 2.45) is 0 Å². The molecule has 0 radical (unpaired) electrons. The summed E-state index contributed by atoms with van der Waals surface area (Å²) in [5, 5.41) is 8.60. The van der Waals surface area contributed by atoms with Crippen molar-refractivity contribution < 1.29 is 13.5 Å². The zero-order valence-corrected chi connectivity index (χ0v) is 14.4. The molecule has 6 nitrogen and oxygen atoms in total. The smallest absolute Gasteiger partial charge is 0.241 e. The molecule has 0 unspecified atom stereocenters. The van der Waals surface area contributed by atoms with Crippen LogP contribution in [0.5, 0.6) is 0 Å². The van der Waals surface area contributed by atoms with Gasteiger partial charge in [0.15, 0.2) is 5.82 Å². The number of carbonyl (C=O) groups excluding carboxylic acids is 1. The lowest BCUT2D eigenvalue weighted by molar-refractivity contribution is -0.115. The fraction of sp³-hybridized carbons (Fsp3) is 0.500. The van der Waals surface area contributed by atoms with Crippen molar-refractivity contribution >= 4 is 33.9 Å². The van der Waals surface area contributed by atoms with Gasteiger partial charge in [0.1, 0.15) is 11.0 Å². The molecule has 0 aliphatic carbocycles. The summed E-state index contributed by atoms with van der Waals surface area (Å²) in [7, 11) is -1.33. The molecule has 120 valence electrons. The molecule has 0 aliphatic heterocycles. The van der Waals surface area contributed by atoms with Crippen molar-refractivity contribution in [1.82, 2.24) is 10.1 Å². The van der Waals surface area contributed by atoms with E-state index in [0.29, 0.717) is 11.6 Å². The van der Waals surface area contributed by atoms with Crippen molar-refractivity contribution in [3.8, 4) is 0 Å². The number of thiazole rings is 1. The highest BCUT2D eigenvalue weighted by atomic mass is 32.2. The van der Waals surface area contributed by atoms with Crippen LogP contribution in [0, 0.1) is 6.92 Å². The summed E-state index contributed by atoms with van der Waals surface area (Å²) in [5.74, 6) is 0.892. The molecule has 2 aromatic rings. The van der Waals surface area contributed by atoms with Gasteiger partial charge in [0.2, 0.25) is 5.91 Å². The van der Waals surface area contributed by atoms with E-state index in [1.165, 1.54) is 0 Å². The SMILES string of the molecule is CCCc1nc(C[S@@](=O)[C@H](C)C(=O)Nc2cc(C)on2)cs1. The number of anilines is 1. The average Bonchev–Trinajstić information content (AvgIpc) is 3.07. The monoisotopic (exact) mass is 341 g/mol. The zero-order valence-electron chi connectivity index (χ0n) is 12.8. The maximum atomic E-state index is 12.3. The summed E-state index contributed by atoms with van der Waals surface area (Å²) in [6.07, 6.45) is 1.96. The Morgan fingerprint density at radius 3 is 2.95 bits per heavy atom. The first-order valence-corrected chi connectivity index (χ1v) is 9.30. The molecular formula is C14H19N3O3S2. The molecular weight excluding hydrogens is 322 g/mol. The first-order chi connectivity index (χ1) is 10.5. The Kier molecular flexibility index (Phi) is 5.84. The fourth-order valence-electron chi connectivity index (χ4n) is 1.79. The molecule has 22 heavy (non-hydrogen) atoms. The average molecular weight is 341 g/mol. The molecule has 1 N–H and O–H groups in total. The van der Waals surface area contributed by atoms with E-state index in [1.54, 1.807) is 31.3 Å². The Morgan fingerprint density at radius 1 is 1.55 bits per heavy atom. The van der Waals surface area contributed by atoms with Gasteiger partial charge in [-0.3, -0.25) is 9.00 Å². The van der Waals surface area contributed by atoms with Crippen LogP contribution in [0.1, 0.15) is 36.7 Å². The second kappa shape index (κ2) is 7.64. The Morgan fingerprint density at radius 2 is 2.32 bits per heavy atom. The zero-order chi connectivity index (χ0) is 16.1. The number of aryl methyl sites for hydroxylation is 2. The Labute approximate surface area is 135 Å². The van der Waals surface area contributed by atoms with Gasteiger partial charge < -0.3 is 9.84 Å². The molecule has 2 heterocycles. The van der Waals surface area contributed by atoms with Crippen molar-refractivity contribution in [3.63, 3.8) is 0 Å². The third-order valence-corrected chi connectivity index (χ3v) is 5.54. The van der Waals surface area contributed by atoms with Crippen LogP contribution in [0.25, 0.3) is 0 Å². The molecule has 2 rings (SSSR count). The minimum Gasteiger partial charge on any atom is -0.360 e. The van der Waals surface area contributed by atoms with Crippen LogP contribution < -0.4 is 5.32 Å². The van der Waals surface area contributed by atoms with Gasteiger partial charge in [-0.05, 0) is 26.7 Å². The van der Waals surface area contributed by atoms with Gasteiger partial charge in [0, 0.05) is 22.2 Å². The Balaban J connectivity index is 1.91. The molecule has 0 aliphatic rings. The molecule has 0 aromatic carbocycles. The highest BCUT2D eigenvalue weighted by Crippen LogP contribution is 2.15. The number of amides is 1. The maximum absolute atomic E-state index is 12.3. The Hall–Kier alpha value is -1.54. The minimum absolute atomic E-state index is 0.284. The topological polar surface area (TPSA) is 85.1 Å².